The molecule has 0 fully saturated rings. The molecule has 2 aromatic rings. The van der Waals surface area contributed by atoms with Crippen LogP contribution in [-0.4, -0.2) is 36.3 Å². The number of hydrogen-bond acceptors (Lipinski definition) is 6. The first-order valence-electron chi connectivity index (χ1n) is 9.03. The Bertz CT molecular complexity index is 717. The topological polar surface area (TPSA) is 59.5 Å². The monoisotopic (exact) mass is 342 g/mol. The van der Waals surface area contributed by atoms with Crippen molar-refractivity contribution >= 4 is 17.5 Å². The summed E-state index contributed by atoms with van der Waals surface area (Å²) < 4.78 is 11.2. The van der Waals surface area contributed by atoms with Crippen LogP contribution in [0, 0.1) is 0 Å². The maximum absolute atomic E-state index is 5.65. The van der Waals surface area contributed by atoms with E-state index in [1.165, 1.54) is 0 Å². The van der Waals surface area contributed by atoms with Gasteiger partial charge in [0.05, 0.1) is 0 Å². The Morgan fingerprint density at radius 2 is 1.76 bits per heavy atom. The summed E-state index contributed by atoms with van der Waals surface area (Å²) in [5, 5.41) is 3.31. The zero-order valence-corrected chi connectivity index (χ0v) is 15.2. The summed E-state index contributed by atoms with van der Waals surface area (Å²) >= 11 is 0. The van der Waals surface area contributed by atoms with E-state index in [0.29, 0.717) is 19.2 Å². The van der Waals surface area contributed by atoms with Crippen molar-refractivity contribution in [2.45, 2.75) is 33.6 Å². The fraction of sp³-hybridized carbons (Fsp3) is 0.474. The lowest BCUT2D eigenvalue weighted by Crippen LogP contribution is -2.23. The van der Waals surface area contributed by atoms with E-state index in [1.54, 1.807) is 0 Å². The zero-order chi connectivity index (χ0) is 17.6. The molecule has 0 radical (unpaired) electrons. The molecule has 0 bridgehead atoms. The molecule has 0 saturated heterocycles. The Labute approximate surface area is 149 Å². The van der Waals surface area contributed by atoms with Crippen molar-refractivity contribution in [1.82, 2.24) is 9.97 Å². The number of nitrogens with zero attached hydrogens (tertiary/aromatic N) is 3. The smallest absolute Gasteiger partial charge is 0.229 e. The Morgan fingerprint density at radius 1 is 1.00 bits per heavy atom. The van der Waals surface area contributed by atoms with Gasteiger partial charge in [-0.15, -0.1) is 0 Å². The molecule has 0 aliphatic carbocycles. The van der Waals surface area contributed by atoms with Gasteiger partial charge in [0.1, 0.15) is 19.0 Å². The fourth-order valence-corrected chi connectivity index (χ4v) is 2.88. The molecule has 0 spiro atoms. The van der Waals surface area contributed by atoms with Gasteiger partial charge in [0.25, 0.3) is 0 Å². The number of aromatic nitrogens is 2. The summed E-state index contributed by atoms with van der Waals surface area (Å²) in [5.74, 6) is 3.11. The molecule has 1 aliphatic heterocycles. The average molecular weight is 342 g/mol. The highest BCUT2D eigenvalue weighted by Gasteiger charge is 2.13. The molecule has 0 amide bonds. The first-order chi connectivity index (χ1) is 12.2. The minimum Gasteiger partial charge on any atom is -0.486 e. The summed E-state index contributed by atoms with van der Waals surface area (Å²) in [4.78, 5) is 11.6. The van der Waals surface area contributed by atoms with E-state index in [4.69, 9.17) is 14.5 Å². The second-order valence-corrected chi connectivity index (χ2v) is 5.95. The molecule has 6 nitrogen and oxygen atoms in total. The van der Waals surface area contributed by atoms with Crippen molar-refractivity contribution < 1.29 is 9.47 Å². The van der Waals surface area contributed by atoms with Gasteiger partial charge in [0.2, 0.25) is 5.95 Å². The predicted molar refractivity (Wildman–Crippen MR) is 100 cm³/mol. The molecule has 134 valence electrons. The molecule has 1 aliphatic rings. The van der Waals surface area contributed by atoms with Crippen molar-refractivity contribution in [3.05, 3.63) is 30.0 Å². The van der Waals surface area contributed by atoms with Gasteiger partial charge in [0, 0.05) is 36.6 Å². The van der Waals surface area contributed by atoms with Crippen LogP contribution < -0.4 is 19.7 Å². The maximum atomic E-state index is 5.65. The number of nitrogens with one attached hydrogen (secondary N) is 1. The number of anilines is 3. The standard InChI is InChI=1S/C19H26N4O2/c1-4-7-14-13-18(23(5-2)6-3)22-19(20-14)21-15-8-9-16-17(12-15)25-11-10-24-16/h8-9,12-13H,4-7,10-11H2,1-3H3,(H,20,21,22). The van der Waals surface area contributed by atoms with Crippen LogP contribution >= 0.6 is 0 Å². The lowest BCUT2D eigenvalue weighted by molar-refractivity contribution is 0.171. The van der Waals surface area contributed by atoms with Gasteiger partial charge in [-0.2, -0.15) is 4.98 Å². The van der Waals surface area contributed by atoms with Crippen molar-refractivity contribution in [3.8, 4) is 11.5 Å². The van der Waals surface area contributed by atoms with Crippen LogP contribution in [0.15, 0.2) is 24.3 Å². The van der Waals surface area contributed by atoms with E-state index in [2.05, 4.69) is 42.0 Å². The minimum absolute atomic E-state index is 0.574. The highest BCUT2D eigenvalue weighted by Crippen LogP contribution is 2.33. The second-order valence-electron chi connectivity index (χ2n) is 5.95. The number of ether oxygens (including phenoxy) is 2. The SMILES string of the molecule is CCCc1cc(N(CC)CC)nc(Nc2ccc3c(c2)OCCO3)n1. The van der Waals surface area contributed by atoms with Gasteiger partial charge in [-0.05, 0) is 32.4 Å². The quantitative estimate of drug-likeness (QED) is 0.826. The predicted octanol–water partition coefficient (Wildman–Crippen LogP) is 3.79. The van der Waals surface area contributed by atoms with E-state index in [-0.39, 0.29) is 0 Å². The van der Waals surface area contributed by atoms with Gasteiger partial charge in [0.15, 0.2) is 11.5 Å². The molecule has 0 atom stereocenters. The molecule has 6 heteroatoms. The number of fused-ring (bicyclic) bond motifs is 1. The van der Waals surface area contributed by atoms with E-state index in [0.717, 1.165) is 54.6 Å². The normalized spacial score (nSPS) is 12.8. The van der Waals surface area contributed by atoms with Gasteiger partial charge in [-0.3, -0.25) is 0 Å². The van der Waals surface area contributed by atoms with Crippen molar-refractivity contribution in [2.75, 3.05) is 36.5 Å². The largest absolute Gasteiger partial charge is 0.486 e. The Balaban J connectivity index is 1.87. The molecule has 0 saturated carbocycles. The molecule has 1 aromatic carbocycles. The number of hydrogen-bond donors (Lipinski definition) is 1. The Morgan fingerprint density at radius 3 is 2.48 bits per heavy atom. The molecule has 3 rings (SSSR count). The van der Waals surface area contributed by atoms with Crippen molar-refractivity contribution in [1.29, 1.82) is 0 Å². The first-order valence-corrected chi connectivity index (χ1v) is 9.03. The van der Waals surface area contributed by atoms with Crippen LogP contribution in [0.2, 0.25) is 0 Å². The molecule has 2 heterocycles. The lowest BCUT2D eigenvalue weighted by Gasteiger charge is -2.21. The number of aryl methyl sites for hydroxylation is 1. The molecule has 25 heavy (non-hydrogen) atoms. The third-order valence-electron chi connectivity index (χ3n) is 4.16. The number of rotatable bonds is 7. The summed E-state index contributed by atoms with van der Waals surface area (Å²) in [6, 6.07) is 7.89. The molecule has 1 N–H and O–H groups in total. The van der Waals surface area contributed by atoms with Gasteiger partial charge < -0.3 is 19.7 Å². The number of benzene rings is 1. The third kappa shape index (κ3) is 4.13. The summed E-state index contributed by atoms with van der Waals surface area (Å²) in [6.45, 7) is 9.44. The molecular weight excluding hydrogens is 316 g/mol. The Hall–Kier alpha value is -2.50. The van der Waals surface area contributed by atoms with Crippen LogP contribution in [0.4, 0.5) is 17.5 Å². The minimum atomic E-state index is 0.574. The highest BCUT2D eigenvalue weighted by atomic mass is 16.6. The van der Waals surface area contributed by atoms with Crippen LogP contribution in [0.3, 0.4) is 0 Å². The Kier molecular flexibility index (Phi) is 5.58. The second kappa shape index (κ2) is 8.05. The third-order valence-corrected chi connectivity index (χ3v) is 4.16. The van der Waals surface area contributed by atoms with Gasteiger partial charge in [-0.1, -0.05) is 13.3 Å². The highest BCUT2D eigenvalue weighted by molar-refractivity contribution is 5.61. The van der Waals surface area contributed by atoms with Crippen molar-refractivity contribution in [3.63, 3.8) is 0 Å². The van der Waals surface area contributed by atoms with E-state index >= 15 is 0 Å². The molecule has 1 aromatic heterocycles. The van der Waals surface area contributed by atoms with Crippen LogP contribution in [0.25, 0.3) is 0 Å². The first kappa shape index (κ1) is 17.3. The van der Waals surface area contributed by atoms with Crippen LogP contribution in [0.1, 0.15) is 32.9 Å². The van der Waals surface area contributed by atoms with Crippen LogP contribution in [0.5, 0.6) is 11.5 Å². The van der Waals surface area contributed by atoms with Crippen LogP contribution in [-0.2, 0) is 6.42 Å². The summed E-state index contributed by atoms with van der Waals surface area (Å²) in [7, 11) is 0. The average Bonchev–Trinajstić information content (AvgIpc) is 2.63. The van der Waals surface area contributed by atoms with Gasteiger partial charge >= 0.3 is 0 Å². The summed E-state index contributed by atoms with van der Waals surface area (Å²) in [6.07, 6.45) is 1.99. The fourth-order valence-electron chi connectivity index (χ4n) is 2.88. The van der Waals surface area contributed by atoms with E-state index in [9.17, 15) is 0 Å². The molecule has 0 unspecified atom stereocenters. The lowest BCUT2D eigenvalue weighted by atomic mass is 10.2. The van der Waals surface area contributed by atoms with E-state index < -0.39 is 0 Å². The van der Waals surface area contributed by atoms with Gasteiger partial charge in [-0.25, -0.2) is 4.98 Å². The van der Waals surface area contributed by atoms with E-state index in [1.807, 2.05) is 18.2 Å². The summed E-state index contributed by atoms with van der Waals surface area (Å²) in [5.41, 5.74) is 1.95. The zero-order valence-electron chi connectivity index (χ0n) is 15.2. The van der Waals surface area contributed by atoms with Crippen molar-refractivity contribution in [2.24, 2.45) is 0 Å². The molecular formula is C19H26N4O2. The maximum Gasteiger partial charge on any atom is 0.229 e.